The maximum absolute atomic E-state index is 14.4. The Kier molecular flexibility index (Phi) is 4.09. The number of rotatable bonds is 4. The van der Waals surface area contributed by atoms with Crippen molar-refractivity contribution in [2.24, 2.45) is 0 Å². The van der Waals surface area contributed by atoms with E-state index in [1.165, 1.54) is 6.07 Å². The van der Waals surface area contributed by atoms with Gasteiger partial charge in [-0.05, 0) is 19.4 Å². The fourth-order valence-corrected chi connectivity index (χ4v) is 3.02. The van der Waals surface area contributed by atoms with Gasteiger partial charge >= 0.3 is 0 Å². The smallest absolute Gasteiger partial charge is 0.265 e. The first kappa shape index (κ1) is 16.2. The van der Waals surface area contributed by atoms with E-state index in [1.807, 2.05) is 13.8 Å². The Balaban J connectivity index is 2.08. The Bertz CT molecular complexity index is 741. The second-order valence-electron chi connectivity index (χ2n) is 5.81. The summed E-state index contributed by atoms with van der Waals surface area (Å²) in [6.45, 7) is 3.74. The molecule has 0 bridgehead atoms. The molecule has 0 fully saturated rings. The third-order valence-electron chi connectivity index (χ3n) is 4.11. The van der Waals surface area contributed by atoms with Gasteiger partial charge in [-0.15, -0.1) is 0 Å². The van der Waals surface area contributed by atoms with Crippen LogP contribution in [-0.4, -0.2) is 30.4 Å². The van der Waals surface area contributed by atoms with Crippen molar-refractivity contribution >= 4 is 29.1 Å². The number of ether oxygens (including phenoxy) is 1. The van der Waals surface area contributed by atoms with E-state index in [-0.39, 0.29) is 30.0 Å². The van der Waals surface area contributed by atoms with Crippen LogP contribution in [-0.2, 0) is 14.4 Å². The number of hydrogen-bond donors (Lipinski definition) is 0. The molecular formula is C17H17FN2O4. The number of benzene rings is 1. The number of amides is 3. The first-order chi connectivity index (χ1) is 11.4. The van der Waals surface area contributed by atoms with E-state index >= 15 is 0 Å². The summed E-state index contributed by atoms with van der Waals surface area (Å²) in [6, 6.07) is 2.34. The summed E-state index contributed by atoms with van der Waals surface area (Å²) in [5.41, 5.74) is 0.192. The lowest BCUT2D eigenvalue weighted by Gasteiger charge is -2.34. The Hall–Kier alpha value is -2.70. The van der Waals surface area contributed by atoms with Crippen molar-refractivity contribution in [3.8, 4) is 5.75 Å². The summed E-state index contributed by atoms with van der Waals surface area (Å²) in [4.78, 5) is 38.2. The van der Waals surface area contributed by atoms with Crippen LogP contribution in [0.4, 0.5) is 15.8 Å². The highest BCUT2D eigenvalue weighted by Gasteiger charge is 2.34. The number of carbonyl (C=O) groups excluding carboxylic acids is 3. The fraction of sp³-hybridized carbons (Fsp3) is 0.353. The van der Waals surface area contributed by atoms with Crippen LogP contribution in [0.5, 0.6) is 5.75 Å². The van der Waals surface area contributed by atoms with E-state index in [2.05, 4.69) is 0 Å². The van der Waals surface area contributed by atoms with Crippen molar-refractivity contribution in [1.82, 2.24) is 0 Å². The molecule has 126 valence electrons. The van der Waals surface area contributed by atoms with E-state index in [0.29, 0.717) is 5.69 Å². The molecule has 6 nitrogen and oxygen atoms in total. The van der Waals surface area contributed by atoms with Gasteiger partial charge in [0, 0.05) is 24.3 Å². The minimum absolute atomic E-state index is 0.105. The topological polar surface area (TPSA) is 66.9 Å². The van der Waals surface area contributed by atoms with Gasteiger partial charge in [-0.2, -0.15) is 0 Å². The molecular weight excluding hydrogens is 315 g/mol. The van der Waals surface area contributed by atoms with Crippen LogP contribution in [0, 0.1) is 5.82 Å². The normalized spacial score (nSPS) is 18.0. The lowest BCUT2D eigenvalue weighted by molar-refractivity contribution is -0.122. The Labute approximate surface area is 138 Å². The van der Waals surface area contributed by atoms with Gasteiger partial charge in [0.15, 0.2) is 12.4 Å². The number of anilines is 2. The first-order valence-corrected chi connectivity index (χ1v) is 7.78. The third kappa shape index (κ3) is 2.55. The molecule has 0 saturated heterocycles. The fourth-order valence-electron chi connectivity index (χ4n) is 3.02. The molecule has 7 heteroatoms. The second kappa shape index (κ2) is 6.07. The minimum Gasteiger partial charge on any atom is -0.481 e. The van der Waals surface area contributed by atoms with E-state index in [9.17, 15) is 18.8 Å². The van der Waals surface area contributed by atoms with Gasteiger partial charge in [0.05, 0.1) is 11.4 Å². The molecule has 2 aliphatic heterocycles. The van der Waals surface area contributed by atoms with E-state index in [1.54, 1.807) is 4.90 Å². The standard InChI is InChI=1S/C17H17FN2O4/c1-3-4-10(2)19-13-8-12(20-15(21)5-6-16(20)22)11(18)7-14(13)24-9-17(19)23/h5-8,10H,3-4,9H2,1-2H3. The van der Waals surface area contributed by atoms with E-state index in [4.69, 9.17) is 4.74 Å². The van der Waals surface area contributed by atoms with Crippen molar-refractivity contribution < 1.29 is 23.5 Å². The molecule has 1 aromatic rings. The SMILES string of the molecule is CCCC(C)N1C(=O)COc2cc(F)c(N3C(=O)C=CC3=O)cc21. The molecule has 1 unspecified atom stereocenters. The summed E-state index contributed by atoms with van der Waals surface area (Å²) in [5.74, 6) is -1.99. The number of nitrogens with zero attached hydrogens (tertiary/aromatic N) is 2. The number of halogens is 1. The molecule has 2 aliphatic rings. The molecule has 0 aliphatic carbocycles. The molecule has 0 spiro atoms. The lowest BCUT2D eigenvalue weighted by atomic mass is 10.1. The number of imide groups is 1. The summed E-state index contributed by atoms with van der Waals surface area (Å²) >= 11 is 0. The summed E-state index contributed by atoms with van der Waals surface area (Å²) in [5, 5.41) is 0. The number of fused-ring (bicyclic) bond motifs is 1. The highest BCUT2D eigenvalue weighted by Crippen LogP contribution is 2.39. The van der Waals surface area contributed by atoms with Crippen molar-refractivity contribution in [2.45, 2.75) is 32.7 Å². The zero-order valence-electron chi connectivity index (χ0n) is 13.4. The van der Waals surface area contributed by atoms with Crippen LogP contribution in [0.25, 0.3) is 0 Å². The predicted molar refractivity (Wildman–Crippen MR) is 85.4 cm³/mol. The average Bonchev–Trinajstić information content (AvgIpc) is 2.86. The molecule has 24 heavy (non-hydrogen) atoms. The molecule has 1 atom stereocenters. The van der Waals surface area contributed by atoms with E-state index in [0.717, 1.165) is 36.0 Å². The van der Waals surface area contributed by atoms with Crippen molar-refractivity contribution in [3.63, 3.8) is 0 Å². The van der Waals surface area contributed by atoms with Crippen molar-refractivity contribution in [1.29, 1.82) is 0 Å². The number of hydrogen-bond acceptors (Lipinski definition) is 4. The van der Waals surface area contributed by atoms with Gasteiger partial charge in [0.2, 0.25) is 0 Å². The van der Waals surface area contributed by atoms with Gasteiger partial charge < -0.3 is 9.64 Å². The molecule has 2 heterocycles. The Morgan fingerprint density at radius 1 is 1.17 bits per heavy atom. The Morgan fingerprint density at radius 2 is 1.83 bits per heavy atom. The molecule has 0 aromatic heterocycles. The van der Waals surface area contributed by atoms with Crippen molar-refractivity contribution in [2.75, 3.05) is 16.4 Å². The first-order valence-electron chi connectivity index (χ1n) is 7.78. The highest BCUT2D eigenvalue weighted by molar-refractivity contribution is 6.28. The maximum Gasteiger partial charge on any atom is 0.265 e. The Morgan fingerprint density at radius 3 is 2.46 bits per heavy atom. The van der Waals surface area contributed by atoms with Gasteiger partial charge in [-0.1, -0.05) is 13.3 Å². The van der Waals surface area contributed by atoms with Gasteiger partial charge in [0.25, 0.3) is 17.7 Å². The predicted octanol–water partition coefficient (Wildman–Crippen LogP) is 2.17. The highest BCUT2D eigenvalue weighted by atomic mass is 19.1. The quantitative estimate of drug-likeness (QED) is 0.793. The molecule has 3 amide bonds. The monoisotopic (exact) mass is 332 g/mol. The van der Waals surface area contributed by atoms with E-state index < -0.39 is 17.6 Å². The van der Waals surface area contributed by atoms with Crippen LogP contribution >= 0.6 is 0 Å². The molecule has 1 aromatic carbocycles. The summed E-state index contributed by atoms with van der Waals surface area (Å²) in [7, 11) is 0. The van der Waals surface area contributed by atoms with Crippen LogP contribution in [0.15, 0.2) is 24.3 Å². The molecule has 0 N–H and O–H groups in total. The third-order valence-corrected chi connectivity index (χ3v) is 4.11. The molecule has 0 radical (unpaired) electrons. The van der Waals surface area contributed by atoms with Gasteiger partial charge in [0.1, 0.15) is 5.75 Å². The van der Waals surface area contributed by atoms with Gasteiger partial charge in [-0.3, -0.25) is 14.4 Å². The van der Waals surface area contributed by atoms with Crippen LogP contribution < -0.4 is 14.5 Å². The lowest BCUT2D eigenvalue weighted by Crippen LogP contribution is -2.44. The largest absolute Gasteiger partial charge is 0.481 e. The van der Waals surface area contributed by atoms with Crippen LogP contribution in [0.2, 0.25) is 0 Å². The minimum atomic E-state index is -0.753. The van der Waals surface area contributed by atoms with Crippen LogP contribution in [0.3, 0.4) is 0 Å². The zero-order chi connectivity index (χ0) is 17.4. The molecule has 0 saturated carbocycles. The average molecular weight is 332 g/mol. The second-order valence-corrected chi connectivity index (χ2v) is 5.81. The zero-order valence-corrected chi connectivity index (χ0v) is 13.4. The maximum atomic E-state index is 14.4. The van der Waals surface area contributed by atoms with Crippen LogP contribution in [0.1, 0.15) is 26.7 Å². The molecule has 3 rings (SSSR count). The van der Waals surface area contributed by atoms with Crippen molar-refractivity contribution in [3.05, 3.63) is 30.1 Å². The summed E-state index contributed by atoms with van der Waals surface area (Å²) in [6.07, 6.45) is 3.81. The summed E-state index contributed by atoms with van der Waals surface area (Å²) < 4.78 is 19.7. The number of carbonyl (C=O) groups is 3. The van der Waals surface area contributed by atoms with Gasteiger partial charge in [-0.25, -0.2) is 9.29 Å².